The second kappa shape index (κ2) is 13.4. The molecule has 41 heavy (non-hydrogen) atoms. The van der Waals surface area contributed by atoms with E-state index in [-0.39, 0.29) is 36.2 Å². The van der Waals surface area contributed by atoms with Crippen LogP contribution in [-0.4, -0.2) is 115 Å². The van der Waals surface area contributed by atoms with Gasteiger partial charge in [0.2, 0.25) is 5.91 Å². The number of aryl methyl sites for hydroxylation is 1. The number of rotatable bonds is 10. The number of carboxylic acid groups (broad SMARTS) is 1. The molecular weight excluding hydrogens is 526 g/mol. The summed E-state index contributed by atoms with van der Waals surface area (Å²) >= 11 is 0. The topological polar surface area (TPSA) is 125 Å². The maximum Gasteiger partial charge on any atom is 0.407 e. The van der Waals surface area contributed by atoms with Crippen LogP contribution in [0, 0.1) is 11.8 Å². The molecule has 0 aromatic carbocycles. The van der Waals surface area contributed by atoms with Gasteiger partial charge in [-0.25, -0.2) is 9.78 Å². The summed E-state index contributed by atoms with van der Waals surface area (Å²) in [5, 5.41) is 13.4. The van der Waals surface area contributed by atoms with Crippen molar-refractivity contribution >= 4 is 23.7 Å². The standard InChI is InChI=1S/C30H47N5O6/c1-20(2)17-35(23-15-22(18-34(19-23)29(38)39)27(36)33-10-13-41-14-11-33)28(37)24-16-21-7-8-30(3,4)25(21)32-26(24)31-9-6-12-40-5/h16,20,22-23H,6-15,17-19H2,1-5H3,(H,31,32)(H,38,39)/t22-,23+/m1/s1. The van der Waals surface area contributed by atoms with E-state index < -0.39 is 18.1 Å². The number of likely N-dealkylation sites (tertiary alicyclic amines) is 1. The number of amides is 3. The fraction of sp³-hybridized carbons (Fsp3) is 0.733. The third-order valence-corrected chi connectivity index (χ3v) is 8.44. The van der Waals surface area contributed by atoms with Crippen LogP contribution >= 0.6 is 0 Å². The van der Waals surface area contributed by atoms with E-state index in [1.54, 1.807) is 16.9 Å². The van der Waals surface area contributed by atoms with E-state index >= 15 is 0 Å². The van der Waals surface area contributed by atoms with Gasteiger partial charge in [0.25, 0.3) is 5.91 Å². The van der Waals surface area contributed by atoms with E-state index in [9.17, 15) is 19.5 Å². The molecule has 11 heteroatoms. The lowest BCUT2D eigenvalue weighted by Gasteiger charge is -2.43. The van der Waals surface area contributed by atoms with Crippen molar-refractivity contribution in [3.8, 4) is 0 Å². The fourth-order valence-corrected chi connectivity index (χ4v) is 6.24. The van der Waals surface area contributed by atoms with E-state index in [1.807, 2.05) is 19.9 Å². The number of piperidine rings is 1. The highest BCUT2D eigenvalue weighted by molar-refractivity contribution is 5.99. The van der Waals surface area contributed by atoms with Crippen LogP contribution < -0.4 is 5.32 Å². The van der Waals surface area contributed by atoms with Crippen LogP contribution in [-0.2, 0) is 26.1 Å². The molecule has 0 bridgehead atoms. The number of carbonyl (C=O) groups excluding carboxylic acids is 2. The van der Waals surface area contributed by atoms with E-state index in [4.69, 9.17) is 14.5 Å². The lowest BCUT2D eigenvalue weighted by atomic mass is 9.90. The average molecular weight is 574 g/mol. The molecule has 1 aromatic rings. The molecule has 3 amide bonds. The SMILES string of the molecule is COCCCNc1nc2c(cc1C(=O)N(CC(C)C)[C@H]1C[C@@H](C(=O)N3CCOCC3)CN(C(=O)O)C1)CCC2(C)C. The van der Waals surface area contributed by atoms with Gasteiger partial charge in [-0.15, -0.1) is 0 Å². The molecule has 1 aromatic heterocycles. The summed E-state index contributed by atoms with van der Waals surface area (Å²) in [5.74, 6) is -0.0608. The number of aromatic nitrogens is 1. The first kappa shape index (κ1) is 31.0. The number of nitrogens with zero attached hydrogens (tertiary/aromatic N) is 4. The van der Waals surface area contributed by atoms with E-state index in [1.165, 1.54) is 4.90 Å². The molecule has 2 aliphatic heterocycles. The Morgan fingerprint density at radius 2 is 1.95 bits per heavy atom. The van der Waals surface area contributed by atoms with Crippen molar-refractivity contribution in [2.75, 3.05) is 71.5 Å². The predicted molar refractivity (Wildman–Crippen MR) is 155 cm³/mol. The Morgan fingerprint density at radius 1 is 1.22 bits per heavy atom. The summed E-state index contributed by atoms with van der Waals surface area (Å²) in [7, 11) is 1.66. The maximum absolute atomic E-state index is 14.4. The van der Waals surface area contributed by atoms with Crippen molar-refractivity contribution in [2.45, 2.75) is 64.8 Å². The number of nitrogens with one attached hydrogen (secondary N) is 1. The molecule has 11 nitrogen and oxygen atoms in total. The lowest BCUT2D eigenvalue weighted by Crippen LogP contribution is -2.58. The number of pyridine rings is 1. The normalized spacial score (nSPS) is 22.0. The van der Waals surface area contributed by atoms with Gasteiger partial charge in [0.05, 0.1) is 36.4 Å². The monoisotopic (exact) mass is 573 g/mol. The van der Waals surface area contributed by atoms with Crippen molar-refractivity contribution in [3.05, 3.63) is 22.9 Å². The fourth-order valence-electron chi connectivity index (χ4n) is 6.24. The molecule has 4 rings (SSSR count). The number of fused-ring (bicyclic) bond motifs is 1. The van der Waals surface area contributed by atoms with Crippen molar-refractivity contribution in [1.82, 2.24) is 19.7 Å². The van der Waals surface area contributed by atoms with Gasteiger partial charge in [0.15, 0.2) is 0 Å². The van der Waals surface area contributed by atoms with Crippen LogP contribution in [0.15, 0.2) is 6.07 Å². The molecule has 2 saturated heterocycles. The van der Waals surface area contributed by atoms with E-state index in [0.29, 0.717) is 63.8 Å². The third kappa shape index (κ3) is 7.30. The van der Waals surface area contributed by atoms with Gasteiger partial charge in [-0.2, -0.15) is 0 Å². The Labute approximate surface area is 243 Å². The van der Waals surface area contributed by atoms with Gasteiger partial charge in [0.1, 0.15) is 5.82 Å². The number of methoxy groups -OCH3 is 1. The number of hydrogen-bond donors (Lipinski definition) is 2. The highest BCUT2D eigenvalue weighted by atomic mass is 16.5. The minimum Gasteiger partial charge on any atom is -0.465 e. The number of hydrogen-bond acceptors (Lipinski definition) is 7. The second-order valence-corrected chi connectivity index (χ2v) is 12.6. The van der Waals surface area contributed by atoms with Crippen LogP contribution in [0.4, 0.5) is 10.6 Å². The Bertz CT molecular complexity index is 1100. The van der Waals surface area contributed by atoms with Crippen LogP contribution in [0.1, 0.15) is 68.6 Å². The average Bonchev–Trinajstić information content (AvgIpc) is 3.26. The first-order valence-electron chi connectivity index (χ1n) is 14.9. The third-order valence-electron chi connectivity index (χ3n) is 8.44. The minimum absolute atomic E-state index is 0.0666. The highest BCUT2D eigenvalue weighted by Gasteiger charge is 2.41. The second-order valence-electron chi connectivity index (χ2n) is 12.6. The number of carbonyl (C=O) groups is 3. The summed E-state index contributed by atoms with van der Waals surface area (Å²) in [6.07, 6.45) is 1.93. The molecular formula is C30H47N5O6. The van der Waals surface area contributed by atoms with Gasteiger partial charge in [-0.1, -0.05) is 27.7 Å². The molecule has 0 spiro atoms. The summed E-state index contributed by atoms with van der Waals surface area (Å²) in [4.78, 5) is 50.0. The number of anilines is 1. The summed E-state index contributed by atoms with van der Waals surface area (Å²) < 4.78 is 10.6. The van der Waals surface area contributed by atoms with Crippen LogP contribution in [0.25, 0.3) is 0 Å². The quantitative estimate of drug-likeness (QED) is 0.409. The van der Waals surface area contributed by atoms with Gasteiger partial charge in [-0.05, 0) is 43.2 Å². The Morgan fingerprint density at radius 3 is 2.61 bits per heavy atom. The summed E-state index contributed by atoms with van der Waals surface area (Å²) in [6.45, 7) is 12.3. The van der Waals surface area contributed by atoms with Crippen LogP contribution in [0.3, 0.4) is 0 Å². The summed E-state index contributed by atoms with van der Waals surface area (Å²) in [5.41, 5.74) is 2.53. The molecule has 2 N–H and O–H groups in total. The smallest absolute Gasteiger partial charge is 0.407 e. The molecule has 2 atom stereocenters. The molecule has 0 radical (unpaired) electrons. The zero-order valence-corrected chi connectivity index (χ0v) is 25.3. The Hall–Kier alpha value is -2.92. The molecule has 0 unspecified atom stereocenters. The largest absolute Gasteiger partial charge is 0.465 e. The predicted octanol–water partition coefficient (Wildman–Crippen LogP) is 3.08. The lowest BCUT2D eigenvalue weighted by molar-refractivity contribution is -0.142. The zero-order valence-electron chi connectivity index (χ0n) is 25.3. The van der Waals surface area contributed by atoms with Crippen molar-refractivity contribution in [3.63, 3.8) is 0 Å². The van der Waals surface area contributed by atoms with Crippen molar-refractivity contribution in [1.29, 1.82) is 0 Å². The number of ether oxygens (including phenoxy) is 2. The van der Waals surface area contributed by atoms with Crippen LogP contribution in [0.2, 0.25) is 0 Å². The molecule has 0 saturated carbocycles. The Kier molecular flexibility index (Phi) is 10.1. The van der Waals surface area contributed by atoms with Crippen LogP contribution in [0.5, 0.6) is 0 Å². The number of morpholine rings is 1. The van der Waals surface area contributed by atoms with Gasteiger partial charge >= 0.3 is 6.09 Å². The molecule has 1 aliphatic carbocycles. The van der Waals surface area contributed by atoms with Gasteiger partial charge in [-0.3, -0.25) is 9.59 Å². The minimum atomic E-state index is -1.08. The first-order chi connectivity index (χ1) is 19.5. The Balaban J connectivity index is 1.66. The molecule has 2 fully saturated rings. The van der Waals surface area contributed by atoms with Gasteiger partial charge in [0, 0.05) is 58.4 Å². The highest BCUT2D eigenvalue weighted by Crippen LogP contribution is 2.39. The zero-order chi connectivity index (χ0) is 29.7. The molecule has 228 valence electrons. The molecule has 3 aliphatic rings. The van der Waals surface area contributed by atoms with Gasteiger partial charge < -0.3 is 34.6 Å². The maximum atomic E-state index is 14.4. The van der Waals surface area contributed by atoms with Crippen molar-refractivity contribution < 1.29 is 29.0 Å². The van der Waals surface area contributed by atoms with E-state index in [2.05, 4.69) is 19.2 Å². The van der Waals surface area contributed by atoms with Crippen molar-refractivity contribution in [2.24, 2.45) is 11.8 Å². The summed E-state index contributed by atoms with van der Waals surface area (Å²) in [6, 6.07) is 1.55. The van der Waals surface area contributed by atoms with E-state index in [0.717, 1.165) is 30.5 Å². The molecule has 3 heterocycles. The first-order valence-corrected chi connectivity index (χ1v) is 14.9.